The zero-order chi connectivity index (χ0) is 12.6. The van der Waals surface area contributed by atoms with E-state index >= 15 is 0 Å². The maximum absolute atomic E-state index is 5.66. The molecule has 1 aromatic rings. The molecule has 4 heteroatoms. The van der Waals surface area contributed by atoms with E-state index < -0.39 is 0 Å². The van der Waals surface area contributed by atoms with E-state index in [0.717, 1.165) is 35.8 Å². The summed E-state index contributed by atoms with van der Waals surface area (Å²) < 4.78 is 16.8. The molecule has 0 aliphatic carbocycles. The van der Waals surface area contributed by atoms with E-state index in [-0.39, 0.29) is 5.54 Å². The van der Waals surface area contributed by atoms with Gasteiger partial charge in [0.15, 0.2) is 11.5 Å². The molecule has 2 heterocycles. The molecule has 2 aliphatic rings. The molecule has 1 N–H and O–H groups in total. The van der Waals surface area contributed by atoms with Crippen LogP contribution >= 0.6 is 0 Å². The molecule has 98 valence electrons. The Kier molecular flexibility index (Phi) is 2.82. The van der Waals surface area contributed by atoms with E-state index in [1.54, 1.807) is 7.11 Å². The second-order valence-corrected chi connectivity index (χ2v) is 5.06. The third kappa shape index (κ3) is 1.81. The molecule has 1 atom stereocenters. The molecule has 1 aromatic carbocycles. The Bertz CT molecular complexity index is 453. The van der Waals surface area contributed by atoms with Crippen molar-refractivity contribution >= 4 is 0 Å². The van der Waals surface area contributed by atoms with Gasteiger partial charge in [-0.1, -0.05) is 0 Å². The number of fused-ring (bicyclic) bond motifs is 1. The van der Waals surface area contributed by atoms with Gasteiger partial charge in [-0.3, -0.25) is 0 Å². The third-order valence-corrected chi connectivity index (χ3v) is 3.83. The number of benzene rings is 1. The summed E-state index contributed by atoms with van der Waals surface area (Å²) in [6.45, 7) is 4.48. The molecule has 1 unspecified atom stereocenters. The number of rotatable bonds is 2. The smallest absolute Gasteiger partial charge is 0.165 e. The van der Waals surface area contributed by atoms with Gasteiger partial charge >= 0.3 is 0 Å². The number of methoxy groups -OCH3 is 1. The number of hydrogen-bond acceptors (Lipinski definition) is 4. The van der Waals surface area contributed by atoms with Crippen LogP contribution in [0.3, 0.4) is 0 Å². The molecule has 0 saturated carbocycles. The molecule has 18 heavy (non-hydrogen) atoms. The summed E-state index contributed by atoms with van der Waals surface area (Å²) >= 11 is 0. The molecule has 0 aromatic heterocycles. The zero-order valence-electron chi connectivity index (χ0n) is 10.9. The predicted octanol–water partition coefficient (Wildman–Crippen LogP) is 2.06. The van der Waals surface area contributed by atoms with Gasteiger partial charge in [0.2, 0.25) is 0 Å². The first-order valence-electron chi connectivity index (χ1n) is 6.46. The van der Waals surface area contributed by atoms with Crippen molar-refractivity contribution in [3.63, 3.8) is 0 Å². The Hall–Kier alpha value is -1.42. The lowest BCUT2D eigenvalue weighted by atomic mass is 9.89. The first kappa shape index (κ1) is 11.7. The van der Waals surface area contributed by atoms with Crippen LogP contribution in [0.5, 0.6) is 17.2 Å². The number of hydrogen-bond donors (Lipinski definition) is 1. The van der Waals surface area contributed by atoms with Crippen LogP contribution in [0, 0.1) is 0 Å². The minimum Gasteiger partial charge on any atom is -0.496 e. The molecule has 0 amide bonds. The molecule has 1 fully saturated rings. The van der Waals surface area contributed by atoms with Crippen molar-refractivity contribution < 1.29 is 14.2 Å². The van der Waals surface area contributed by atoms with Gasteiger partial charge < -0.3 is 19.5 Å². The van der Waals surface area contributed by atoms with Crippen LogP contribution < -0.4 is 19.5 Å². The Morgan fingerprint density at radius 3 is 2.56 bits per heavy atom. The van der Waals surface area contributed by atoms with Crippen LogP contribution in [0.1, 0.15) is 25.3 Å². The standard InChI is InChI=1S/C14H19NO3/c1-14(4-3-5-15-14)10-8-12-13(9-11(10)16-2)18-7-6-17-12/h8-9,15H,3-7H2,1-2H3. The second kappa shape index (κ2) is 4.35. The molecule has 0 spiro atoms. The van der Waals surface area contributed by atoms with Gasteiger partial charge in [-0.2, -0.15) is 0 Å². The quantitative estimate of drug-likeness (QED) is 0.871. The van der Waals surface area contributed by atoms with Crippen LogP contribution in [-0.4, -0.2) is 26.9 Å². The fraction of sp³-hybridized carbons (Fsp3) is 0.571. The van der Waals surface area contributed by atoms with Crippen molar-refractivity contribution in [1.82, 2.24) is 5.32 Å². The van der Waals surface area contributed by atoms with Crippen molar-refractivity contribution in [2.75, 3.05) is 26.9 Å². The van der Waals surface area contributed by atoms with E-state index in [9.17, 15) is 0 Å². The second-order valence-electron chi connectivity index (χ2n) is 5.06. The van der Waals surface area contributed by atoms with E-state index in [1.165, 1.54) is 6.42 Å². The summed E-state index contributed by atoms with van der Waals surface area (Å²) in [6.07, 6.45) is 2.30. The third-order valence-electron chi connectivity index (χ3n) is 3.83. The van der Waals surface area contributed by atoms with Gasteiger partial charge in [0.1, 0.15) is 19.0 Å². The first-order valence-corrected chi connectivity index (χ1v) is 6.46. The Morgan fingerprint density at radius 2 is 1.94 bits per heavy atom. The van der Waals surface area contributed by atoms with E-state index in [1.807, 2.05) is 6.07 Å². The normalized spacial score (nSPS) is 26.1. The number of nitrogens with one attached hydrogen (secondary N) is 1. The van der Waals surface area contributed by atoms with Crippen molar-refractivity contribution in [2.45, 2.75) is 25.3 Å². The molecular weight excluding hydrogens is 230 g/mol. The topological polar surface area (TPSA) is 39.7 Å². The lowest BCUT2D eigenvalue weighted by Crippen LogP contribution is -2.33. The summed E-state index contributed by atoms with van der Waals surface area (Å²) in [5.41, 5.74) is 1.13. The lowest BCUT2D eigenvalue weighted by molar-refractivity contribution is 0.170. The summed E-state index contributed by atoms with van der Waals surface area (Å²) in [5.74, 6) is 2.48. The van der Waals surface area contributed by atoms with Gasteiger partial charge in [-0.25, -0.2) is 0 Å². The highest BCUT2D eigenvalue weighted by Crippen LogP contribution is 2.43. The van der Waals surface area contributed by atoms with Crippen molar-refractivity contribution in [2.24, 2.45) is 0 Å². The predicted molar refractivity (Wildman–Crippen MR) is 68.6 cm³/mol. The van der Waals surface area contributed by atoms with Crippen LogP contribution in [-0.2, 0) is 5.54 Å². The molecule has 1 saturated heterocycles. The SMILES string of the molecule is COc1cc2c(cc1C1(C)CCCN1)OCCO2. The molecule has 3 rings (SSSR count). The molecule has 0 radical (unpaired) electrons. The average molecular weight is 249 g/mol. The minimum atomic E-state index is -0.0266. The lowest BCUT2D eigenvalue weighted by Gasteiger charge is -2.29. The number of ether oxygens (including phenoxy) is 3. The van der Waals surface area contributed by atoms with Gasteiger partial charge in [-0.05, 0) is 32.4 Å². The Morgan fingerprint density at radius 1 is 1.22 bits per heavy atom. The van der Waals surface area contributed by atoms with Crippen LogP contribution in [0.15, 0.2) is 12.1 Å². The first-order chi connectivity index (χ1) is 8.73. The van der Waals surface area contributed by atoms with E-state index in [2.05, 4.69) is 18.3 Å². The van der Waals surface area contributed by atoms with Gasteiger partial charge in [0.25, 0.3) is 0 Å². The molecule has 2 aliphatic heterocycles. The summed E-state index contributed by atoms with van der Waals surface area (Å²) in [7, 11) is 1.70. The van der Waals surface area contributed by atoms with Crippen molar-refractivity contribution in [3.05, 3.63) is 17.7 Å². The summed E-state index contributed by atoms with van der Waals surface area (Å²) in [4.78, 5) is 0. The van der Waals surface area contributed by atoms with Crippen LogP contribution in [0.2, 0.25) is 0 Å². The highest BCUT2D eigenvalue weighted by atomic mass is 16.6. The maximum Gasteiger partial charge on any atom is 0.165 e. The molecule has 0 bridgehead atoms. The Balaban J connectivity index is 2.07. The zero-order valence-corrected chi connectivity index (χ0v) is 10.9. The molecular formula is C14H19NO3. The van der Waals surface area contributed by atoms with Gasteiger partial charge in [0.05, 0.1) is 7.11 Å². The fourth-order valence-corrected chi connectivity index (χ4v) is 2.79. The average Bonchev–Trinajstić information content (AvgIpc) is 2.85. The minimum absolute atomic E-state index is 0.0266. The largest absolute Gasteiger partial charge is 0.496 e. The van der Waals surface area contributed by atoms with E-state index in [0.29, 0.717) is 13.2 Å². The van der Waals surface area contributed by atoms with Crippen LogP contribution in [0.4, 0.5) is 0 Å². The molecule has 4 nitrogen and oxygen atoms in total. The van der Waals surface area contributed by atoms with Gasteiger partial charge in [-0.15, -0.1) is 0 Å². The maximum atomic E-state index is 5.66. The highest BCUT2D eigenvalue weighted by molar-refractivity contribution is 5.53. The summed E-state index contributed by atoms with van der Waals surface area (Å²) in [6, 6.07) is 4.00. The Labute approximate surface area is 107 Å². The fourth-order valence-electron chi connectivity index (χ4n) is 2.79. The van der Waals surface area contributed by atoms with Crippen molar-refractivity contribution in [3.8, 4) is 17.2 Å². The van der Waals surface area contributed by atoms with Gasteiger partial charge in [0, 0.05) is 17.2 Å². The highest BCUT2D eigenvalue weighted by Gasteiger charge is 2.34. The van der Waals surface area contributed by atoms with Crippen molar-refractivity contribution in [1.29, 1.82) is 0 Å². The van der Waals surface area contributed by atoms with E-state index in [4.69, 9.17) is 14.2 Å². The summed E-state index contributed by atoms with van der Waals surface area (Å²) in [5, 5.41) is 3.55. The monoisotopic (exact) mass is 249 g/mol. The van der Waals surface area contributed by atoms with Crippen LogP contribution in [0.25, 0.3) is 0 Å².